The second kappa shape index (κ2) is 5.38. The number of benzene rings is 1. The molecule has 0 fully saturated rings. The first-order valence-corrected chi connectivity index (χ1v) is 6.72. The lowest BCUT2D eigenvalue weighted by Crippen LogP contribution is -1.88. The minimum Gasteiger partial charge on any atom is -0.355 e. The quantitative estimate of drug-likeness (QED) is 0.677. The van der Waals surface area contributed by atoms with Crippen molar-refractivity contribution in [3.05, 3.63) is 72.5 Å². The number of hydrogen-bond acceptors (Lipinski definition) is 0. The van der Waals surface area contributed by atoms with Crippen molar-refractivity contribution in [3.8, 4) is 0 Å². The molecule has 2 rings (SSSR count). The van der Waals surface area contributed by atoms with Gasteiger partial charge in [-0.1, -0.05) is 43.0 Å². The number of H-pyrrole nitrogens is 1. The minimum absolute atomic E-state index is 0.980. The van der Waals surface area contributed by atoms with Crippen LogP contribution in [0.5, 0.6) is 0 Å². The van der Waals surface area contributed by atoms with Gasteiger partial charge in [0, 0.05) is 16.6 Å². The van der Waals surface area contributed by atoms with Crippen LogP contribution in [0.3, 0.4) is 0 Å². The average Bonchev–Trinajstić information content (AvgIpc) is 2.81. The van der Waals surface area contributed by atoms with Crippen LogP contribution in [0.1, 0.15) is 32.0 Å². The topological polar surface area (TPSA) is 15.8 Å². The summed E-state index contributed by atoms with van der Waals surface area (Å²) in [6.45, 7) is 18.2. The molecule has 0 unspecified atom stereocenters. The van der Waals surface area contributed by atoms with E-state index in [1.165, 1.54) is 16.5 Å². The molecule has 0 spiro atoms. The number of rotatable bonds is 4. The molecule has 1 aromatic carbocycles. The average molecular weight is 263 g/mol. The molecule has 0 radical (unpaired) electrons. The van der Waals surface area contributed by atoms with Gasteiger partial charge in [-0.25, -0.2) is 0 Å². The van der Waals surface area contributed by atoms with E-state index in [1.807, 2.05) is 13.0 Å². The molecule has 0 saturated carbocycles. The summed E-state index contributed by atoms with van der Waals surface area (Å²) in [5.74, 6) is 0. The van der Waals surface area contributed by atoms with Crippen molar-refractivity contribution in [2.45, 2.75) is 20.8 Å². The summed E-state index contributed by atoms with van der Waals surface area (Å²) in [7, 11) is 0. The predicted octanol–water partition coefficient (Wildman–Crippen LogP) is 5.74. The van der Waals surface area contributed by atoms with Crippen molar-refractivity contribution in [2.24, 2.45) is 0 Å². The van der Waals surface area contributed by atoms with E-state index in [0.29, 0.717) is 0 Å². The van der Waals surface area contributed by atoms with Crippen LogP contribution >= 0.6 is 0 Å². The van der Waals surface area contributed by atoms with Gasteiger partial charge in [-0.2, -0.15) is 0 Å². The van der Waals surface area contributed by atoms with Crippen LogP contribution in [0.2, 0.25) is 0 Å². The first-order valence-electron chi connectivity index (χ1n) is 6.72. The highest BCUT2D eigenvalue weighted by molar-refractivity contribution is 5.90. The van der Waals surface area contributed by atoms with E-state index in [-0.39, 0.29) is 0 Å². The summed E-state index contributed by atoms with van der Waals surface area (Å²) in [5, 5.41) is 1.18. The van der Waals surface area contributed by atoms with Crippen LogP contribution in [0.4, 0.5) is 0 Å². The molecule has 0 aliphatic heterocycles. The molecule has 0 aliphatic rings. The minimum atomic E-state index is 0.980. The van der Waals surface area contributed by atoms with Gasteiger partial charge in [0.25, 0.3) is 0 Å². The highest BCUT2D eigenvalue weighted by Crippen LogP contribution is 2.28. The van der Waals surface area contributed by atoms with Crippen molar-refractivity contribution in [2.75, 3.05) is 0 Å². The van der Waals surface area contributed by atoms with Crippen LogP contribution < -0.4 is 0 Å². The van der Waals surface area contributed by atoms with E-state index < -0.39 is 0 Å². The lowest BCUT2D eigenvalue weighted by atomic mass is 10.0. The van der Waals surface area contributed by atoms with Crippen molar-refractivity contribution < 1.29 is 0 Å². The third-order valence-electron chi connectivity index (χ3n) is 3.51. The fourth-order valence-electron chi connectivity index (χ4n) is 2.33. The maximum absolute atomic E-state index is 4.19. The van der Waals surface area contributed by atoms with Crippen molar-refractivity contribution in [1.82, 2.24) is 4.98 Å². The lowest BCUT2D eigenvalue weighted by Gasteiger charge is -2.06. The van der Waals surface area contributed by atoms with Gasteiger partial charge in [-0.3, -0.25) is 0 Å². The van der Waals surface area contributed by atoms with Crippen LogP contribution in [-0.2, 0) is 0 Å². The molecule has 1 nitrogen and oxygen atoms in total. The number of aromatic amines is 1. The molecule has 0 atom stereocenters. The maximum atomic E-state index is 4.19. The number of aromatic nitrogens is 1. The zero-order valence-corrected chi connectivity index (χ0v) is 12.5. The molecule has 0 bridgehead atoms. The molecule has 0 aliphatic carbocycles. The molecule has 2 aromatic rings. The zero-order valence-electron chi connectivity index (χ0n) is 12.5. The Labute approximate surface area is 121 Å². The van der Waals surface area contributed by atoms with Gasteiger partial charge in [0.2, 0.25) is 0 Å². The van der Waals surface area contributed by atoms with Gasteiger partial charge in [-0.15, -0.1) is 0 Å². The second-order valence-electron chi connectivity index (χ2n) is 5.36. The fraction of sp³-hybridized carbons (Fsp3) is 0.158. The highest BCUT2D eigenvalue weighted by atomic mass is 14.7. The Morgan fingerprint density at radius 2 is 1.80 bits per heavy atom. The smallest absolute Gasteiger partial charge is 0.0464 e. The molecule has 1 aromatic heterocycles. The Morgan fingerprint density at radius 1 is 1.10 bits per heavy atom. The summed E-state index contributed by atoms with van der Waals surface area (Å²) in [5.41, 5.74) is 7.68. The first-order chi connectivity index (χ1) is 9.43. The Balaban J connectivity index is 2.52. The molecular formula is C19H21N. The largest absolute Gasteiger partial charge is 0.355 e. The van der Waals surface area contributed by atoms with Gasteiger partial charge in [0.15, 0.2) is 0 Å². The van der Waals surface area contributed by atoms with E-state index in [2.05, 4.69) is 62.8 Å². The standard InChI is InChI=1S/C19H21N/c1-7-17(13(4)5)14(6)19-11-16-10-15(12(2)3)8-9-18(16)20-19/h7-11,20H,1-2,6H2,3-5H3. The molecule has 0 saturated heterocycles. The van der Waals surface area contributed by atoms with E-state index in [9.17, 15) is 0 Å². The van der Waals surface area contributed by atoms with Gasteiger partial charge in [-0.05, 0) is 55.7 Å². The van der Waals surface area contributed by atoms with Gasteiger partial charge in [0.05, 0.1) is 0 Å². The first kappa shape index (κ1) is 14.1. The molecule has 1 heterocycles. The van der Waals surface area contributed by atoms with E-state index in [1.54, 1.807) is 0 Å². The summed E-state index contributed by atoms with van der Waals surface area (Å²) in [6.07, 6.45) is 1.86. The Kier molecular flexibility index (Phi) is 3.80. The third kappa shape index (κ3) is 2.53. The van der Waals surface area contributed by atoms with Crippen molar-refractivity contribution in [3.63, 3.8) is 0 Å². The lowest BCUT2D eigenvalue weighted by molar-refractivity contribution is 1.32. The summed E-state index contributed by atoms with van der Waals surface area (Å²) in [6, 6.07) is 8.47. The SMILES string of the molecule is C=CC(C(=C)c1cc2cc(C(=C)C)ccc2[nH]1)=C(C)C. The maximum Gasteiger partial charge on any atom is 0.0464 e. The number of nitrogens with one attached hydrogen (secondary N) is 1. The highest BCUT2D eigenvalue weighted by Gasteiger charge is 2.08. The Bertz CT molecular complexity index is 734. The zero-order chi connectivity index (χ0) is 14.9. The molecule has 1 N–H and O–H groups in total. The van der Waals surface area contributed by atoms with Crippen LogP contribution in [0.25, 0.3) is 22.0 Å². The number of fused-ring (bicyclic) bond motifs is 1. The van der Waals surface area contributed by atoms with E-state index in [4.69, 9.17) is 0 Å². The molecule has 0 amide bonds. The van der Waals surface area contributed by atoms with Gasteiger partial charge < -0.3 is 4.98 Å². The summed E-state index contributed by atoms with van der Waals surface area (Å²) >= 11 is 0. The fourth-order valence-corrected chi connectivity index (χ4v) is 2.33. The van der Waals surface area contributed by atoms with Gasteiger partial charge in [0.1, 0.15) is 0 Å². The normalized spacial score (nSPS) is 10.3. The van der Waals surface area contributed by atoms with Crippen LogP contribution in [-0.4, -0.2) is 4.98 Å². The summed E-state index contributed by atoms with van der Waals surface area (Å²) < 4.78 is 0. The third-order valence-corrected chi connectivity index (χ3v) is 3.51. The van der Waals surface area contributed by atoms with Crippen LogP contribution in [0.15, 0.2) is 61.2 Å². The number of hydrogen-bond donors (Lipinski definition) is 1. The van der Waals surface area contributed by atoms with Crippen LogP contribution in [0, 0.1) is 0 Å². The van der Waals surface area contributed by atoms with Crippen molar-refractivity contribution in [1.29, 1.82) is 0 Å². The summed E-state index contributed by atoms with van der Waals surface area (Å²) in [4.78, 5) is 3.42. The predicted molar refractivity (Wildman–Crippen MR) is 90.6 cm³/mol. The molecule has 1 heteroatoms. The van der Waals surface area contributed by atoms with Crippen molar-refractivity contribution >= 4 is 22.0 Å². The molecule has 102 valence electrons. The molecular weight excluding hydrogens is 242 g/mol. The second-order valence-corrected chi connectivity index (χ2v) is 5.36. The van der Waals surface area contributed by atoms with Gasteiger partial charge >= 0.3 is 0 Å². The monoisotopic (exact) mass is 263 g/mol. The molecule has 20 heavy (non-hydrogen) atoms. The Morgan fingerprint density at radius 3 is 2.35 bits per heavy atom. The van der Waals surface area contributed by atoms with E-state index in [0.717, 1.165) is 27.9 Å². The Hall–Kier alpha value is -2.28. The number of allylic oxidation sites excluding steroid dienone is 5. The van der Waals surface area contributed by atoms with E-state index >= 15 is 0 Å².